The van der Waals surface area contributed by atoms with E-state index in [9.17, 15) is 46.1 Å². The van der Waals surface area contributed by atoms with Crippen LogP contribution in [0.1, 0.15) is 17.0 Å². The summed E-state index contributed by atoms with van der Waals surface area (Å²) in [5.74, 6) is -7.73. The quantitative estimate of drug-likeness (QED) is 0.502. The van der Waals surface area contributed by atoms with Crippen LogP contribution >= 0.6 is 0 Å². The summed E-state index contributed by atoms with van der Waals surface area (Å²) in [4.78, 5) is 23.7. The molecule has 1 aliphatic rings. The van der Waals surface area contributed by atoms with Crippen LogP contribution in [-0.2, 0) is 15.0 Å². The fraction of sp³-hybridized carbons (Fsp3) is 0.217. The highest BCUT2D eigenvalue weighted by Gasteiger charge is 2.57. The number of ether oxygens (including phenoxy) is 1. The van der Waals surface area contributed by atoms with E-state index < -0.39 is 47.1 Å². The minimum absolute atomic E-state index is 0.0588. The van der Waals surface area contributed by atoms with Gasteiger partial charge in [-0.15, -0.1) is 0 Å². The molecular formula is C23H16F6O5. The monoisotopic (exact) mass is 486 g/mol. The maximum Gasteiger partial charge on any atom is 0.404 e. The van der Waals surface area contributed by atoms with Gasteiger partial charge in [0, 0.05) is 0 Å². The molecule has 2 aromatic carbocycles. The van der Waals surface area contributed by atoms with Crippen LogP contribution in [0.25, 0.3) is 0 Å². The maximum atomic E-state index is 12.9. The van der Waals surface area contributed by atoms with Gasteiger partial charge in [0.05, 0.1) is 5.92 Å². The Hall–Kier alpha value is -3.76. The first-order valence-corrected chi connectivity index (χ1v) is 9.61. The second kappa shape index (κ2) is 8.88. The van der Waals surface area contributed by atoms with Crippen LogP contribution in [-0.4, -0.2) is 34.5 Å². The second-order valence-electron chi connectivity index (χ2n) is 7.45. The van der Waals surface area contributed by atoms with E-state index in [1.165, 1.54) is 48.6 Å². The summed E-state index contributed by atoms with van der Waals surface area (Å²) in [6, 6.07) is 8.47. The summed E-state index contributed by atoms with van der Waals surface area (Å²) in [7, 11) is 0. The van der Waals surface area contributed by atoms with Crippen molar-refractivity contribution in [2.24, 2.45) is 5.92 Å². The van der Waals surface area contributed by atoms with Crippen molar-refractivity contribution in [2.45, 2.75) is 23.7 Å². The summed E-state index contributed by atoms with van der Waals surface area (Å²) in [6.07, 6.45) is -5.71. The third-order valence-electron chi connectivity index (χ3n) is 5.32. The fourth-order valence-corrected chi connectivity index (χ4v) is 3.75. The van der Waals surface area contributed by atoms with Crippen molar-refractivity contribution in [1.82, 2.24) is 0 Å². The molecule has 0 aromatic heterocycles. The number of allylic oxidation sites excluding steroid dienone is 2. The lowest BCUT2D eigenvalue weighted by atomic mass is 9.68. The molecule has 180 valence electrons. The molecule has 1 aliphatic carbocycles. The van der Waals surface area contributed by atoms with Gasteiger partial charge in [-0.3, -0.25) is 9.59 Å². The Kier molecular flexibility index (Phi) is 6.50. The van der Waals surface area contributed by atoms with Gasteiger partial charge >= 0.3 is 24.3 Å². The molecule has 0 bridgehead atoms. The smallest absolute Gasteiger partial charge is 0.404 e. The topological polar surface area (TPSA) is 83.8 Å². The van der Waals surface area contributed by atoms with Crippen LogP contribution in [0.3, 0.4) is 0 Å². The maximum absolute atomic E-state index is 12.9. The normalized spacial score (nSPS) is 20.4. The van der Waals surface area contributed by atoms with Gasteiger partial charge in [0.2, 0.25) is 0 Å². The van der Waals surface area contributed by atoms with Crippen molar-refractivity contribution in [1.29, 1.82) is 0 Å². The van der Waals surface area contributed by atoms with E-state index in [0.29, 0.717) is 12.1 Å². The van der Waals surface area contributed by atoms with Crippen LogP contribution in [0.15, 0.2) is 72.8 Å². The van der Waals surface area contributed by atoms with Crippen molar-refractivity contribution in [2.75, 3.05) is 0 Å². The summed E-state index contributed by atoms with van der Waals surface area (Å²) in [6.45, 7) is 0. The van der Waals surface area contributed by atoms with Gasteiger partial charge in [-0.05, 0) is 35.4 Å². The lowest BCUT2D eigenvalue weighted by molar-refractivity contribution is -0.253. The standard InChI is InChI=1S/C23H16F6O5/c24-22(25,26)18(23(27,28)29)13-4-8-15(9-5-13)34-16-10-6-14(7-11-16)21(20(32)33)12-2-1-3-17(21)19(30)31/h1-12,17-18H,(H,30,31)(H,32,33). The van der Waals surface area contributed by atoms with E-state index >= 15 is 0 Å². The first-order chi connectivity index (χ1) is 15.8. The molecule has 5 nitrogen and oxygen atoms in total. The van der Waals surface area contributed by atoms with E-state index in [0.717, 1.165) is 12.1 Å². The predicted molar refractivity (Wildman–Crippen MR) is 107 cm³/mol. The average molecular weight is 486 g/mol. The molecule has 0 spiro atoms. The number of halogens is 6. The molecule has 0 saturated carbocycles. The zero-order valence-electron chi connectivity index (χ0n) is 17.0. The number of carboxylic acid groups (broad SMARTS) is 2. The number of alkyl halides is 6. The van der Waals surface area contributed by atoms with E-state index in [1.54, 1.807) is 0 Å². The molecule has 0 amide bonds. The molecule has 0 fully saturated rings. The van der Waals surface area contributed by atoms with Gasteiger partial charge in [-0.2, -0.15) is 26.3 Å². The van der Waals surface area contributed by atoms with Crippen molar-refractivity contribution < 1.29 is 50.9 Å². The second-order valence-corrected chi connectivity index (χ2v) is 7.45. The zero-order valence-corrected chi connectivity index (χ0v) is 17.0. The van der Waals surface area contributed by atoms with Crippen LogP contribution in [0, 0.1) is 5.92 Å². The number of carbonyl (C=O) groups is 2. The first kappa shape index (κ1) is 24.9. The van der Waals surface area contributed by atoms with Crippen LogP contribution in [0.5, 0.6) is 11.5 Å². The van der Waals surface area contributed by atoms with Crippen molar-refractivity contribution in [3.8, 4) is 11.5 Å². The average Bonchev–Trinajstić information content (AvgIpc) is 2.73. The highest BCUT2D eigenvalue weighted by Crippen LogP contribution is 2.46. The van der Waals surface area contributed by atoms with Gasteiger partial charge < -0.3 is 14.9 Å². The van der Waals surface area contributed by atoms with Gasteiger partial charge in [0.25, 0.3) is 0 Å². The Balaban J connectivity index is 1.85. The van der Waals surface area contributed by atoms with Crippen LogP contribution in [0.2, 0.25) is 0 Å². The van der Waals surface area contributed by atoms with Gasteiger partial charge in [0.1, 0.15) is 16.9 Å². The minimum atomic E-state index is -5.52. The number of hydrogen-bond donors (Lipinski definition) is 2. The molecular weight excluding hydrogens is 470 g/mol. The van der Waals surface area contributed by atoms with Gasteiger partial charge in [-0.1, -0.05) is 48.6 Å². The number of benzene rings is 2. The van der Waals surface area contributed by atoms with Crippen molar-refractivity contribution in [3.05, 3.63) is 84.0 Å². The molecule has 34 heavy (non-hydrogen) atoms. The van der Waals surface area contributed by atoms with Crippen LogP contribution < -0.4 is 4.74 Å². The lowest BCUT2D eigenvalue weighted by Crippen LogP contribution is -2.45. The molecule has 2 unspecified atom stereocenters. The first-order valence-electron chi connectivity index (χ1n) is 9.61. The van der Waals surface area contributed by atoms with Crippen molar-refractivity contribution >= 4 is 11.9 Å². The van der Waals surface area contributed by atoms with E-state index in [2.05, 4.69) is 0 Å². The molecule has 2 aromatic rings. The molecule has 0 heterocycles. The summed E-state index contributed by atoms with van der Waals surface area (Å²) in [5.41, 5.74) is -2.75. The Morgan fingerprint density at radius 2 is 1.32 bits per heavy atom. The Morgan fingerprint density at radius 3 is 1.76 bits per heavy atom. The molecule has 2 N–H and O–H groups in total. The van der Waals surface area contributed by atoms with E-state index in [-0.39, 0.29) is 17.1 Å². The summed E-state index contributed by atoms with van der Waals surface area (Å²) < 4.78 is 82.6. The molecule has 0 aliphatic heterocycles. The largest absolute Gasteiger partial charge is 0.481 e. The number of rotatable bonds is 6. The Morgan fingerprint density at radius 1 is 0.824 bits per heavy atom. The SMILES string of the molecule is O=C(O)C1C=CC=CC1(C(=O)O)c1ccc(Oc2ccc(C(C(F)(F)F)C(F)(F)F)cc2)cc1. The van der Waals surface area contributed by atoms with E-state index in [1.807, 2.05) is 0 Å². The summed E-state index contributed by atoms with van der Waals surface area (Å²) in [5, 5.41) is 19.3. The molecule has 0 radical (unpaired) electrons. The number of aliphatic carboxylic acids is 2. The third-order valence-corrected chi connectivity index (χ3v) is 5.32. The van der Waals surface area contributed by atoms with Gasteiger partial charge in [-0.25, -0.2) is 0 Å². The molecule has 2 atom stereocenters. The summed E-state index contributed by atoms with van der Waals surface area (Å²) >= 11 is 0. The fourth-order valence-electron chi connectivity index (χ4n) is 3.75. The molecule has 3 rings (SSSR count). The number of hydrogen-bond acceptors (Lipinski definition) is 3. The van der Waals surface area contributed by atoms with Gasteiger partial charge in [0.15, 0.2) is 5.92 Å². The number of carboxylic acids is 2. The molecule has 0 saturated heterocycles. The molecule has 11 heteroatoms. The van der Waals surface area contributed by atoms with Crippen molar-refractivity contribution in [3.63, 3.8) is 0 Å². The van der Waals surface area contributed by atoms with E-state index in [4.69, 9.17) is 4.74 Å². The predicted octanol–water partition coefficient (Wildman–Crippen LogP) is 5.84. The van der Waals surface area contributed by atoms with Crippen LogP contribution in [0.4, 0.5) is 26.3 Å². The lowest BCUT2D eigenvalue weighted by Gasteiger charge is -2.32. The zero-order chi connectivity index (χ0) is 25.3. The highest BCUT2D eigenvalue weighted by molar-refractivity contribution is 5.92. The minimum Gasteiger partial charge on any atom is -0.481 e. The Bertz CT molecular complexity index is 1100. The third kappa shape index (κ3) is 4.78. The highest BCUT2D eigenvalue weighted by atomic mass is 19.4. The Labute approximate surface area is 188 Å².